The summed E-state index contributed by atoms with van der Waals surface area (Å²) < 4.78 is 12.1. The Bertz CT molecular complexity index is 1030. The molecular weight excluding hydrogens is 392 g/mol. The van der Waals surface area contributed by atoms with Gasteiger partial charge in [-0.3, -0.25) is 0 Å². The number of rotatable bonds is 8. The maximum atomic E-state index is 5.63. The molecule has 6 nitrogen and oxygen atoms in total. The van der Waals surface area contributed by atoms with Gasteiger partial charge in [-0.25, -0.2) is 4.98 Å². The summed E-state index contributed by atoms with van der Waals surface area (Å²) in [7, 11) is 0. The molecule has 142 valence electrons. The van der Waals surface area contributed by atoms with Gasteiger partial charge in [0, 0.05) is 11.3 Å². The van der Waals surface area contributed by atoms with Crippen molar-refractivity contribution in [1.82, 2.24) is 15.2 Å². The normalized spacial score (nSPS) is 10.8. The molecule has 0 aliphatic heterocycles. The maximum absolute atomic E-state index is 5.63. The average Bonchev–Trinajstić information content (AvgIpc) is 3.38. The van der Waals surface area contributed by atoms with E-state index in [1.54, 1.807) is 18.0 Å². The number of benzene rings is 2. The van der Waals surface area contributed by atoms with Crippen molar-refractivity contribution in [2.45, 2.75) is 17.0 Å². The van der Waals surface area contributed by atoms with Crippen molar-refractivity contribution in [3.63, 3.8) is 0 Å². The Kier molecular flexibility index (Phi) is 5.89. The van der Waals surface area contributed by atoms with Crippen LogP contribution in [0.1, 0.15) is 12.6 Å². The van der Waals surface area contributed by atoms with Gasteiger partial charge in [-0.05, 0) is 31.2 Å². The molecule has 1 N–H and O–H groups in total. The van der Waals surface area contributed by atoms with E-state index in [9.17, 15) is 0 Å². The summed E-state index contributed by atoms with van der Waals surface area (Å²) in [5.74, 6) is 2.09. The van der Waals surface area contributed by atoms with Crippen LogP contribution < -0.4 is 10.1 Å². The second kappa shape index (κ2) is 8.90. The number of ether oxygens (including phenoxy) is 1. The zero-order valence-corrected chi connectivity index (χ0v) is 16.8. The van der Waals surface area contributed by atoms with Gasteiger partial charge in [-0.1, -0.05) is 53.4 Å². The minimum atomic E-state index is 0.610. The van der Waals surface area contributed by atoms with Gasteiger partial charge in [0.1, 0.15) is 12.0 Å². The van der Waals surface area contributed by atoms with E-state index >= 15 is 0 Å². The van der Waals surface area contributed by atoms with Gasteiger partial charge in [0.15, 0.2) is 4.34 Å². The van der Waals surface area contributed by atoms with Crippen LogP contribution in [0, 0.1) is 0 Å². The molecule has 0 fully saturated rings. The molecule has 0 bridgehead atoms. The lowest BCUT2D eigenvalue weighted by Gasteiger charge is -2.09. The van der Waals surface area contributed by atoms with E-state index < -0.39 is 0 Å². The summed E-state index contributed by atoms with van der Waals surface area (Å²) >= 11 is 3.07. The highest BCUT2D eigenvalue weighted by Crippen LogP contribution is 2.33. The Morgan fingerprint density at radius 3 is 2.75 bits per heavy atom. The van der Waals surface area contributed by atoms with E-state index in [1.165, 1.54) is 11.3 Å². The standard InChI is InChI=1S/C20H18N4O2S2/c1-2-25-17-11-7-6-10-16(17)22-19-23-24-20(28-19)27-13-15-12-26-18(21-15)14-8-4-3-5-9-14/h3-12H,2,13H2,1H3,(H,22,23). The number of hydrogen-bond donors (Lipinski definition) is 1. The second-order valence-electron chi connectivity index (χ2n) is 5.73. The number of aromatic nitrogens is 3. The maximum Gasteiger partial charge on any atom is 0.226 e. The molecule has 28 heavy (non-hydrogen) atoms. The lowest BCUT2D eigenvalue weighted by Crippen LogP contribution is -1.97. The third-order valence-electron chi connectivity index (χ3n) is 3.75. The first-order chi connectivity index (χ1) is 13.8. The number of oxazole rings is 1. The molecular formula is C20H18N4O2S2. The monoisotopic (exact) mass is 410 g/mol. The van der Waals surface area contributed by atoms with Crippen molar-refractivity contribution < 1.29 is 9.15 Å². The van der Waals surface area contributed by atoms with E-state index in [4.69, 9.17) is 9.15 Å². The molecule has 0 aliphatic rings. The number of nitrogens with one attached hydrogen (secondary N) is 1. The van der Waals surface area contributed by atoms with Crippen LogP contribution in [0.4, 0.5) is 10.8 Å². The van der Waals surface area contributed by atoms with Crippen molar-refractivity contribution in [2.24, 2.45) is 0 Å². The third-order valence-corrected chi connectivity index (χ3v) is 5.76. The van der Waals surface area contributed by atoms with E-state index in [-0.39, 0.29) is 0 Å². The number of nitrogens with zero attached hydrogens (tertiary/aromatic N) is 3. The number of thioether (sulfide) groups is 1. The van der Waals surface area contributed by atoms with E-state index in [1.807, 2.05) is 61.5 Å². The quantitative estimate of drug-likeness (QED) is 0.377. The lowest BCUT2D eigenvalue weighted by atomic mass is 10.2. The van der Waals surface area contributed by atoms with Gasteiger partial charge in [-0.15, -0.1) is 10.2 Å². The number of anilines is 2. The van der Waals surface area contributed by atoms with Crippen LogP contribution in [0.2, 0.25) is 0 Å². The van der Waals surface area contributed by atoms with Gasteiger partial charge >= 0.3 is 0 Å². The molecule has 0 aliphatic carbocycles. The van der Waals surface area contributed by atoms with Crippen molar-refractivity contribution in [3.8, 4) is 17.2 Å². The Morgan fingerprint density at radius 2 is 1.89 bits per heavy atom. The summed E-state index contributed by atoms with van der Waals surface area (Å²) in [4.78, 5) is 4.54. The van der Waals surface area contributed by atoms with Crippen LogP contribution in [0.3, 0.4) is 0 Å². The molecule has 0 spiro atoms. The van der Waals surface area contributed by atoms with E-state index in [0.717, 1.165) is 32.2 Å². The Balaban J connectivity index is 1.37. The predicted octanol–water partition coefficient (Wildman–Crippen LogP) is 5.63. The smallest absolute Gasteiger partial charge is 0.226 e. The zero-order valence-electron chi connectivity index (χ0n) is 15.2. The highest BCUT2D eigenvalue weighted by Gasteiger charge is 2.11. The Labute approximate surface area is 171 Å². The molecule has 2 heterocycles. The molecule has 4 rings (SSSR count). The summed E-state index contributed by atoms with van der Waals surface area (Å²) in [6.45, 7) is 2.57. The molecule has 4 aromatic rings. The topological polar surface area (TPSA) is 73.1 Å². The number of hydrogen-bond acceptors (Lipinski definition) is 8. The van der Waals surface area contributed by atoms with Gasteiger partial charge in [0.2, 0.25) is 11.0 Å². The molecule has 2 aromatic carbocycles. The largest absolute Gasteiger partial charge is 0.492 e. The summed E-state index contributed by atoms with van der Waals surface area (Å²) in [6, 6.07) is 17.6. The average molecular weight is 411 g/mol. The van der Waals surface area contributed by atoms with Gasteiger partial charge in [0.05, 0.1) is 18.0 Å². The van der Waals surface area contributed by atoms with Crippen molar-refractivity contribution in [1.29, 1.82) is 0 Å². The predicted molar refractivity (Wildman–Crippen MR) is 112 cm³/mol. The molecule has 0 saturated heterocycles. The highest BCUT2D eigenvalue weighted by molar-refractivity contribution is 8.00. The first-order valence-electron chi connectivity index (χ1n) is 8.77. The van der Waals surface area contributed by atoms with Crippen molar-refractivity contribution in [2.75, 3.05) is 11.9 Å². The fraction of sp³-hybridized carbons (Fsp3) is 0.150. The number of para-hydroxylation sites is 2. The van der Waals surface area contributed by atoms with Crippen molar-refractivity contribution in [3.05, 3.63) is 66.6 Å². The first kappa shape index (κ1) is 18.5. The molecule has 0 saturated carbocycles. The van der Waals surface area contributed by atoms with Crippen LogP contribution in [0.15, 0.2) is 69.6 Å². The molecule has 0 atom stereocenters. The SMILES string of the molecule is CCOc1ccccc1Nc1nnc(SCc2coc(-c3ccccc3)n2)s1. The second-order valence-corrected chi connectivity index (χ2v) is 7.93. The summed E-state index contributed by atoms with van der Waals surface area (Å²) in [6.07, 6.45) is 1.69. The van der Waals surface area contributed by atoms with Crippen LogP contribution in [0.5, 0.6) is 5.75 Å². The van der Waals surface area contributed by atoms with Crippen LogP contribution >= 0.6 is 23.1 Å². The Hall–Kier alpha value is -2.84. The molecule has 2 aromatic heterocycles. The third kappa shape index (κ3) is 4.52. The summed E-state index contributed by atoms with van der Waals surface area (Å²) in [5, 5.41) is 12.4. The highest BCUT2D eigenvalue weighted by atomic mass is 32.2. The van der Waals surface area contributed by atoms with E-state index in [0.29, 0.717) is 18.3 Å². The lowest BCUT2D eigenvalue weighted by molar-refractivity contribution is 0.342. The van der Waals surface area contributed by atoms with Crippen LogP contribution in [-0.4, -0.2) is 21.8 Å². The van der Waals surface area contributed by atoms with Gasteiger partial charge < -0.3 is 14.5 Å². The minimum absolute atomic E-state index is 0.610. The van der Waals surface area contributed by atoms with Crippen molar-refractivity contribution >= 4 is 33.9 Å². The van der Waals surface area contributed by atoms with E-state index in [2.05, 4.69) is 20.5 Å². The molecule has 8 heteroatoms. The van der Waals surface area contributed by atoms with Crippen LogP contribution in [0.25, 0.3) is 11.5 Å². The molecule has 0 amide bonds. The Morgan fingerprint density at radius 1 is 1.07 bits per heavy atom. The first-order valence-corrected chi connectivity index (χ1v) is 10.6. The van der Waals surface area contributed by atoms with Gasteiger partial charge in [-0.2, -0.15) is 0 Å². The minimum Gasteiger partial charge on any atom is -0.492 e. The zero-order chi connectivity index (χ0) is 19.2. The summed E-state index contributed by atoms with van der Waals surface area (Å²) in [5.41, 5.74) is 2.71. The fourth-order valence-corrected chi connectivity index (χ4v) is 4.15. The fourth-order valence-electron chi connectivity index (χ4n) is 2.51. The van der Waals surface area contributed by atoms with Crippen LogP contribution in [-0.2, 0) is 5.75 Å². The van der Waals surface area contributed by atoms with Gasteiger partial charge in [0.25, 0.3) is 0 Å². The molecule has 0 unspecified atom stereocenters. The molecule has 0 radical (unpaired) electrons.